The Balaban J connectivity index is 2.82. The van der Waals surface area contributed by atoms with Crippen LogP contribution in [0.3, 0.4) is 0 Å². The first-order chi connectivity index (χ1) is 5.77. The lowest BCUT2D eigenvalue weighted by molar-refractivity contribution is 0.624. The van der Waals surface area contributed by atoms with Crippen LogP contribution < -0.4 is 0 Å². The molecule has 0 saturated heterocycles. The summed E-state index contributed by atoms with van der Waals surface area (Å²) < 4.78 is -0.0133. The van der Waals surface area contributed by atoms with Crippen molar-refractivity contribution >= 4 is 32.7 Å². The van der Waals surface area contributed by atoms with Crippen LogP contribution in [0, 0.1) is 0 Å². The molecule has 0 rings (SSSR count). The van der Waals surface area contributed by atoms with Crippen LogP contribution in [0.2, 0.25) is 6.04 Å². The fourth-order valence-electron chi connectivity index (χ4n) is 1.26. The van der Waals surface area contributed by atoms with E-state index in [0.29, 0.717) is 0 Å². The Hall–Kier alpha value is 0.797. The van der Waals surface area contributed by atoms with Crippen molar-refractivity contribution in [2.24, 2.45) is 0 Å². The van der Waals surface area contributed by atoms with E-state index in [1.807, 2.05) is 0 Å². The van der Waals surface area contributed by atoms with Crippen molar-refractivity contribution in [1.82, 2.24) is 0 Å². The smallest absolute Gasteiger partial charge is 0.0908 e. The Kier molecular flexibility index (Phi) is 10.5. The lowest BCUT2D eigenvalue weighted by Gasteiger charge is -2.00. The lowest BCUT2D eigenvalue weighted by atomic mass is 10.1. The summed E-state index contributed by atoms with van der Waals surface area (Å²) in [5.41, 5.74) is 0. The fourth-order valence-corrected chi connectivity index (χ4v) is 3.13. The molecule has 0 amide bonds. The molecule has 0 aromatic rings. The predicted molar refractivity (Wildman–Crippen MR) is 62.2 cm³/mol. The molecule has 3 heteroatoms. The van der Waals surface area contributed by atoms with Gasteiger partial charge in [0.2, 0.25) is 0 Å². The van der Waals surface area contributed by atoms with Crippen molar-refractivity contribution in [3.63, 3.8) is 0 Å². The molecule has 0 atom stereocenters. The van der Waals surface area contributed by atoms with Crippen LogP contribution in [-0.2, 0) is 0 Å². The summed E-state index contributed by atoms with van der Waals surface area (Å²) in [6.45, 7) is 2.25. The SMILES string of the molecule is CCCCCCCC[SiH2]C(Cl)Cl. The zero-order chi connectivity index (χ0) is 9.23. The summed E-state index contributed by atoms with van der Waals surface area (Å²) in [7, 11) is -0.163. The van der Waals surface area contributed by atoms with Crippen LogP contribution in [0.15, 0.2) is 0 Å². The molecule has 0 radical (unpaired) electrons. The highest BCUT2D eigenvalue weighted by atomic mass is 35.5. The van der Waals surface area contributed by atoms with Crippen molar-refractivity contribution in [2.75, 3.05) is 0 Å². The van der Waals surface area contributed by atoms with Crippen LogP contribution in [-0.4, -0.2) is 14.0 Å². The number of rotatable bonds is 8. The van der Waals surface area contributed by atoms with Crippen LogP contribution in [0.25, 0.3) is 0 Å². The van der Waals surface area contributed by atoms with Crippen molar-refractivity contribution in [2.45, 2.75) is 56.0 Å². The monoisotopic (exact) mass is 226 g/mol. The standard InChI is InChI=1S/C9H20Cl2Si/c1-2-3-4-5-6-7-8-12-9(10)11/h9H,2-8,12H2,1H3. The maximum Gasteiger partial charge on any atom is 0.0908 e. The van der Waals surface area contributed by atoms with E-state index in [1.165, 1.54) is 44.6 Å². The molecule has 0 unspecified atom stereocenters. The Bertz CT molecular complexity index is 86.6. The number of hydrogen-bond donors (Lipinski definition) is 0. The summed E-state index contributed by atoms with van der Waals surface area (Å²) >= 11 is 11.3. The van der Waals surface area contributed by atoms with Gasteiger partial charge in [-0.2, -0.15) is 0 Å². The Morgan fingerprint density at radius 1 is 1.00 bits per heavy atom. The second-order valence-corrected chi connectivity index (χ2v) is 7.71. The number of halogens is 2. The van der Waals surface area contributed by atoms with E-state index in [2.05, 4.69) is 6.92 Å². The van der Waals surface area contributed by atoms with E-state index in [-0.39, 0.29) is 14.0 Å². The molecule has 0 heterocycles. The largest absolute Gasteiger partial charge is 0.110 e. The summed E-state index contributed by atoms with van der Waals surface area (Å²) in [5.74, 6) is 0. The van der Waals surface area contributed by atoms with Crippen LogP contribution >= 0.6 is 23.2 Å². The van der Waals surface area contributed by atoms with Gasteiger partial charge in [-0.05, 0) is 0 Å². The molecule has 74 valence electrons. The van der Waals surface area contributed by atoms with Gasteiger partial charge in [-0.1, -0.05) is 51.5 Å². The molecule has 0 aliphatic heterocycles. The third-order valence-corrected chi connectivity index (χ3v) is 4.68. The molecule has 0 fully saturated rings. The highest BCUT2D eigenvalue weighted by molar-refractivity contribution is 6.68. The van der Waals surface area contributed by atoms with Gasteiger partial charge in [0.05, 0.1) is 14.0 Å². The Morgan fingerprint density at radius 3 is 2.17 bits per heavy atom. The van der Waals surface area contributed by atoms with E-state index in [1.54, 1.807) is 0 Å². The van der Waals surface area contributed by atoms with Gasteiger partial charge in [0.25, 0.3) is 0 Å². The first-order valence-corrected chi connectivity index (χ1v) is 7.74. The van der Waals surface area contributed by atoms with Gasteiger partial charge in [-0.15, -0.1) is 23.2 Å². The van der Waals surface area contributed by atoms with Crippen molar-refractivity contribution < 1.29 is 0 Å². The third kappa shape index (κ3) is 10.8. The Labute approximate surface area is 88.8 Å². The maximum atomic E-state index is 5.67. The molecule has 0 saturated carbocycles. The van der Waals surface area contributed by atoms with Crippen LogP contribution in [0.1, 0.15) is 45.4 Å². The van der Waals surface area contributed by atoms with Gasteiger partial charge in [0.1, 0.15) is 0 Å². The van der Waals surface area contributed by atoms with E-state index in [0.717, 1.165) is 0 Å². The van der Waals surface area contributed by atoms with Crippen molar-refractivity contribution in [3.05, 3.63) is 0 Å². The number of hydrogen-bond acceptors (Lipinski definition) is 0. The average molecular weight is 227 g/mol. The molecule has 0 nitrogen and oxygen atoms in total. The minimum atomic E-state index is -0.163. The van der Waals surface area contributed by atoms with Crippen molar-refractivity contribution in [3.8, 4) is 0 Å². The lowest BCUT2D eigenvalue weighted by Crippen LogP contribution is -1.99. The van der Waals surface area contributed by atoms with E-state index in [9.17, 15) is 0 Å². The second-order valence-electron chi connectivity index (χ2n) is 3.30. The molecule has 12 heavy (non-hydrogen) atoms. The molecular formula is C9H20Cl2Si. The summed E-state index contributed by atoms with van der Waals surface area (Å²) in [5, 5.41) is 0. The van der Waals surface area contributed by atoms with Gasteiger partial charge < -0.3 is 0 Å². The highest BCUT2D eigenvalue weighted by Gasteiger charge is 1.98. The molecule has 0 aromatic heterocycles. The summed E-state index contributed by atoms with van der Waals surface area (Å²) in [6, 6.07) is 1.32. The van der Waals surface area contributed by atoms with Gasteiger partial charge >= 0.3 is 0 Å². The highest BCUT2D eigenvalue weighted by Crippen LogP contribution is 2.09. The first-order valence-electron chi connectivity index (χ1n) is 5.05. The third-order valence-electron chi connectivity index (χ3n) is 2.03. The normalized spacial score (nSPS) is 12.0. The van der Waals surface area contributed by atoms with Gasteiger partial charge in [-0.25, -0.2) is 0 Å². The van der Waals surface area contributed by atoms with Gasteiger partial charge in [0.15, 0.2) is 0 Å². The Morgan fingerprint density at radius 2 is 1.58 bits per heavy atom. The minimum Gasteiger partial charge on any atom is -0.110 e. The number of alkyl halides is 2. The fraction of sp³-hybridized carbons (Fsp3) is 1.00. The topological polar surface area (TPSA) is 0 Å². The summed E-state index contributed by atoms with van der Waals surface area (Å²) in [6.07, 6.45) is 8.27. The predicted octanol–water partition coefficient (Wildman–Crippen LogP) is 3.70. The van der Waals surface area contributed by atoms with Gasteiger partial charge in [0, 0.05) is 0 Å². The van der Waals surface area contributed by atoms with Crippen molar-refractivity contribution in [1.29, 1.82) is 0 Å². The molecule has 0 N–H and O–H groups in total. The minimum absolute atomic E-state index is 0.0133. The average Bonchev–Trinajstić information content (AvgIpc) is 2.02. The van der Waals surface area contributed by atoms with E-state index < -0.39 is 0 Å². The quantitative estimate of drug-likeness (QED) is 0.337. The first kappa shape index (κ1) is 12.8. The molecule has 0 aromatic carbocycles. The molecule has 0 aliphatic carbocycles. The van der Waals surface area contributed by atoms with Crippen LogP contribution in [0.5, 0.6) is 0 Å². The van der Waals surface area contributed by atoms with E-state index >= 15 is 0 Å². The molecule has 0 aliphatic rings. The van der Waals surface area contributed by atoms with Crippen LogP contribution in [0.4, 0.5) is 0 Å². The molecular weight excluding hydrogens is 207 g/mol. The zero-order valence-corrected chi connectivity index (χ0v) is 10.9. The molecule has 0 bridgehead atoms. The molecule has 0 spiro atoms. The second kappa shape index (κ2) is 9.88. The zero-order valence-electron chi connectivity index (χ0n) is 7.99. The number of unbranched alkanes of at least 4 members (excludes halogenated alkanes) is 5. The van der Waals surface area contributed by atoms with E-state index in [4.69, 9.17) is 23.2 Å². The van der Waals surface area contributed by atoms with Gasteiger partial charge in [-0.3, -0.25) is 0 Å². The maximum absolute atomic E-state index is 5.67. The summed E-state index contributed by atoms with van der Waals surface area (Å²) in [4.78, 5) is 0.